The van der Waals surface area contributed by atoms with Crippen LogP contribution in [0.15, 0.2) is 30.3 Å². The Morgan fingerprint density at radius 3 is 2.38 bits per heavy atom. The van der Waals surface area contributed by atoms with E-state index in [9.17, 15) is 19.8 Å². The maximum atomic E-state index is 12.3. The molecular weight excluding hydrogens is 334 g/mol. The monoisotopic (exact) mass is 357 g/mol. The van der Waals surface area contributed by atoms with Gasteiger partial charge in [-0.2, -0.15) is 0 Å². The second kappa shape index (κ2) is 7.23. The van der Waals surface area contributed by atoms with Crippen LogP contribution in [-0.2, 0) is 9.53 Å². The molecule has 0 aliphatic carbocycles. The lowest BCUT2D eigenvalue weighted by molar-refractivity contribution is -0.137. The third kappa shape index (κ3) is 3.59. The standard InChI is InChI=1S/C20H23NO5/c1-12-7-13(2)10-21(9-12)18(23)11-26-20(25)16-8-17(22)14-5-3-4-6-15(14)19(16)24/h3-6,8,12-13,22,24H,7,9-11H2,1-2H3/t12-,13+. The van der Waals surface area contributed by atoms with Crippen molar-refractivity contribution in [1.82, 2.24) is 4.90 Å². The first-order valence-corrected chi connectivity index (χ1v) is 8.75. The molecule has 2 aromatic carbocycles. The van der Waals surface area contributed by atoms with Gasteiger partial charge in [-0.1, -0.05) is 38.1 Å². The lowest BCUT2D eigenvalue weighted by Crippen LogP contribution is -2.44. The molecule has 6 heteroatoms. The highest BCUT2D eigenvalue weighted by Gasteiger charge is 2.26. The number of phenols is 2. The molecule has 1 saturated heterocycles. The molecule has 1 aliphatic heterocycles. The van der Waals surface area contributed by atoms with Gasteiger partial charge in [-0.3, -0.25) is 4.79 Å². The van der Waals surface area contributed by atoms with Crippen LogP contribution < -0.4 is 0 Å². The number of benzene rings is 2. The van der Waals surface area contributed by atoms with Gasteiger partial charge in [-0.05, 0) is 24.3 Å². The van der Waals surface area contributed by atoms with Crippen LogP contribution in [0.4, 0.5) is 0 Å². The number of nitrogens with zero attached hydrogens (tertiary/aromatic N) is 1. The first kappa shape index (κ1) is 18.0. The van der Waals surface area contributed by atoms with Gasteiger partial charge in [0.15, 0.2) is 6.61 Å². The Kier molecular flexibility index (Phi) is 5.02. The molecule has 0 spiro atoms. The molecule has 0 aromatic heterocycles. The molecule has 0 radical (unpaired) electrons. The molecule has 2 N–H and O–H groups in total. The van der Waals surface area contributed by atoms with E-state index in [0.29, 0.717) is 35.7 Å². The zero-order valence-electron chi connectivity index (χ0n) is 14.9. The Balaban J connectivity index is 1.71. The summed E-state index contributed by atoms with van der Waals surface area (Å²) >= 11 is 0. The third-order valence-electron chi connectivity index (χ3n) is 4.76. The fraction of sp³-hybridized carbons (Fsp3) is 0.400. The summed E-state index contributed by atoms with van der Waals surface area (Å²) < 4.78 is 5.10. The number of hydrogen-bond donors (Lipinski definition) is 2. The third-order valence-corrected chi connectivity index (χ3v) is 4.76. The lowest BCUT2D eigenvalue weighted by Gasteiger charge is -2.34. The largest absolute Gasteiger partial charge is 0.507 e. The Hall–Kier alpha value is -2.76. The number of aromatic hydroxyl groups is 2. The van der Waals surface area contributed by atoms with Crippen molar-refractivity contribution in [3.63, 3.8) is 0 Å². The van der Waals surface area contributed by atoms with Gasteiger partial charge in [-0.15, -0.1) is 0 Å². The number of esters is 1. The van der Waals surface area contributed by atoms with Gasteiger partial charge >= 0.3 is 5.97 Å². The summed E-state index contributed by atoms with van der Waals surface area (Å²) in [4.78, 5) is 26.4. The van der Waals surface area contributed by atoms with E-state index in [-0.39, 0.29) is 29.6 Å². The van der Waals surface area contributed by atoms with Gasteiger partial charge < -0.3 is 19.8 Å². The van der Waals surface area contributed by atoms with Crippen LogP contribution in [-0.4, -0.2) is 46.7 Å². The molecular formula is C20H23NO5. The minimum absolute atomic E-state index is 0.129. The predicted octanol–water partition coefficient (Wildman–Crippen LogP) is 2.91. The average Bonchev–Trinajstić information content (AvgIpc) is 2.61. The van der Waals surface area contributed by atoms with Crippen LogP contribution in [0.25, 0.3) is 10.8 Å². The zero-order chi connectivity index (χ0) is 18.8. The first-order valence-electron chi connectivity index (χ1n) is 8.75. The van der Waals surface area contributed by atoms with Crippen LogP contribution in [0.1, 0.15) is 30.6 Å². The van der Waals surface area contributed by atoms with Gasteiger partial charge in [-0.25, -0.2) is 4.79 Å². The normalized spacial score (nSPS) is 20.2. The van der Waals surface area contributed by atoms with E-state index in [1.165, 1.54) is 0 Å². The van der Waals surface area contributed by atoms with Crippen LogP contribution in [0.3, 0.4) is 0 Å². The molecule has 0 bridgehead atoms. The Labute approximate surface area is 152 Å². The SMILES string of the molecule is C[C@@H]1C[C@H](C)CN(C(=O)COC(=O)c2cc(O)c3ccccc3c2O)C1. The number of fused-ring (bicyclic) bond motifs is 1. The number of hydrogen-bond acceptors (Lipinski definition) is 5. The van der Waals surface area contributed by atoms with Crippen molar-refractivity contribution in [2.45, 2.75) is 20.3 Å². The van der Waals surface area contributed by atoms with E-state index in [4.69, 9.17) is 4.74 Å². The Morgan fingerprint density at radius 2 is 1.73 bits per heavy atom. The quantitative estimate of drug-likeness (QED) is 0.651. The molecule has 6 nitrogen and oxygen atoms in total. The van der Waals surface area contributed by atoms with Crippen LogP contribution >= 0.6 is 0 Å². The number of phenolic OH excluding ortho intramolecular Hbond substituents is 2. The minimum atomic E-state index is -0.838. The van der Waals surface area contributed by atoms with Gasteiger partial charge in [0.1, 0.15) is 17.1 Å². The molecule has 0 saturated carbocycles. The summed E-state index contributed by atoms with van der Waals surface area (Å²) in [6.45, 7) is 5.12. The van der Waals surface area contributed by atoms with Crippen LogP contribution in [0.2, 0.25) is 0 Å². The van der Waals surface area contributed by atoms with Crippen LogP contribution in [0, 0.1) is 11.8 Å². The van der Waals surface area contributed by atoms with Gasteiger partial charge in [0.2, 0.25) is 0 Å². The second-order valence-electron chi connectivity index (χ2n) is 7.16. The number of likely N-dealkylation sites (tertiary alicyclic amines) is 1. The van der Waals surface area contributed by atoms with Gasteiger partial charge in [0.05, 0.1) is 0 Å². The van der Waals surface area contributed by atoms with E-state index < -0.39 is 5.97 Å². The molecule has 0 unspecified atom stereocenters. The van der Waals surface area contributed by atoms with Gasteiger partial charge in [0.25, 0.3) is 5.91 Å². The molecule has 2 aromatic rings. The fourth-order valence-corrected chi connectivity index (χ4v) is 3.66. The summed E-state index contributed by atoms with van der Waals surface area (Å²) in [7, 11) is 0. The number of carbonyl (C=O) groups is 2. The first-order chi connectivity index (χ1) is 12.4. The molecule has 1 aliphatic rings. The number of rotatable bonds is 3. The summed E-state index contributed by atoms with van der Waals surface area (Å²) in [5.41, 5.74) is -0.158. The fourth-order valence-electron chi connectivity index (χ4n) is 3.66. The van der Waals surface area contributed by atoms with Crippen molar-refractivity contribution >= 4 is 22.6 Å². The number of ether oxygens (including phenoxy) is 1. The Bertz CT molecular complexity index is 837. The summed E-state index contributed by atoms with van der Waals surface area (Å²) in [5, 5.41) is 21.2. The summed E-state index contributed by atoms with van der Waals surface area (Å²) in [6, 6.07) is 7.82. The van der Waals surface area contributed by atoms with Crippen molar-refractivity contribution < 1.29 is 24.5 Å². The van der Waals surface area contributed by atoms with E-state index in [1.807, 2.05) is 0 Å². The highest BCUT2D eigenvalue weighted by Crippen LogP contribution is 2.35. The van der Waals surface area contributed by atoms with E-state index in [2.05, 4.69) is 13.8 Å². The maximum absolute atomic E-state index is 12.3. The minimum Gasteiger partial charge on any atom is -0.507 e. The zero-order valence-corrected chi connectivity index (χ0v) is 14.9. The highest BCUT2D eigenvalue weighted by atomic mass is 16.5. The van der Waals surface area contributed by atoms with E-state index in [1.54, 1.807) is 29.2 Å². The van der Waals surface area contributed by atoms with Crippen molar-refractivity contribution in [1.29, 1.82) is 0 Å². The maximum Gasteiger partial charge on any atom is 0.342 e. The molecule has 2 atom stereocenters. The van der Waals surface area contributed by atoms with Crippen molar-refractivity contribution in [3.05, 3.63) is 35.9 Å². The van der Waals surface area contributed by atoms with Crippen molar-refractivity contribution in [3.8, 4) is 11.5 Å². The predicted molar refractivity (Wildman–Crippen MR) is 97.1 cm³/mol. The average molecular weight is 357 g/mol. The highest BCUT2D eigenvalue weighted by molar-refractivity contribution is 6.04. The molecule has 138 valence electrons. The smallest absolute Gasteiger partial charge is 0.342 e. The van der Waals surface area contributed by atoms with E-state index in [0.717, 1.165) is 12.5 Å². The molecule has 3 rings (SSSR count). The number of piperidine rings is 1. The topological polar surface area (TPSA) is 87.1 Å². The molecule has 1 fully saturated rings. The van der Waals surface area contributed by atoms with Crippen LogP contribution in [0.5, 0.6) is 11.5 Å². The second-order valence-corrected chi connectivity index (χ2v) is 7.16. The summed E-state index contributed by atoms with van der Waals surface area (Å²) in [5.74, 6) is -0.651. The lowest BCUT2D eigenvalue weighted by atomic mass is 9.92. The van der Waals surface area contributed by atoms with Crippen molar-refractivity contribution in [2.75, 3.05) is 19.7 Å². The summed E-state index contributed by atoms with van der Waals surface area (Å²) in [6.07, 6.45) is 1.08. The van der Waals surface area contributed by atoms with Gasteiger partial charge in [0, 0.05) is 23.9 Å². The molecule has 1 heterocycles. The van der Waals surface area contributed by atoms with E-state index >= 15 is 0 Å². The number of amides is 1. The number of carbonyl (C=O) groups excluding carboxylic acids is 2. The van der Waals surface area contributed by atoms with Crippen molar-refractivity contribution in [2.24, 2.45) is 11.8 Å². The Morgan fingerprint density at radius 1 is 1.12 bits per heavy atom. The molecule has 26 heavy (non-hydrogen) atoms. The molecule has 1 amide bonds.